The first-order valence-corrected chi connectivity index (χ1v) is 10.6. The molecule has 2 aliphatic heterocycles. The van der Waals surface area contributed by atoms with E-state index in [1.807, 2.05) is 42.3 Å². The number of rotatable bonds is 7. The molecule has 2 aliphatic rings. The van der Waals surface area contributed by atoms with Gasteiger partial charge >= 0.3 is 0 Å². The minimum atomic E-state index is 0. The molecule has 2 saturated heterocycles. The number of nitrogens with one attached hydrogen (secondary N) is 1. The lowest BCUT2D eigenvalue weighted by atomic mass is 9.90. The Bertz CT molecular complexity index is 627. The van der Waals surface area contributed by atoms with Crippen LogP contribution in [0.3, 0.4) is 0 Å². The van der Waals surface area contributed by atoms with E-state index in [-0.39, 0.29) is 30.8 Å². The van der Waals surface area contributed by atoms with Crippen LogP contribution in [-0.4, -0.2) is 68.0 Å². The van der Waals surface area contributed by atoms with Gasteiger partial charge in [0.2, 0.25) is 5.91 Å². The van der Waals surface area contributed by atoms with Crippen LogP contribution in [0.2, 0.25) is 0 Å². The zero-order chi connectivity index (χ0) is 19.8. The molecule has 1 N–H and O–H groups in total. The number of carbonyl (C=O) groups excluding carboxylic acids is 2. The van der Waals surface area contributed by atoms with Crippen molar-refractivity contribution >= 4 is 24.2 Å². The molecule has 2 fully saturated rings. The summed E-state index contributed by atoms with van der Waals surface area (Å²) in [5.74, 6) is 1.80. The molecule has 0 atom stereocenters. The molecule has 2 amide bonds. The van der Waals surface area contributed by atoms with Crippen molar-refractivity contribution in [2.24, 2.45) is 11.8 Å². The smallest absolute Gasteiger partial charge is 0.260 e. The minimum absolute atomic E-state index is 0. The molecule has 7 heteroatoms. The predicted octanol–water partition coefficient (Wildman–Crippen LogP) is 2.57. The van der Waals surface area contributed by atoms with Crippen LogP contribution in [0.1, 0.15) is 32.1 Å². The molecule has 29 heavy (non-hydrogen) atoms. The summed E-state index contributed by atoms with van der Waals surface area (Å²) >= 11 is 0. The van der Waals surface area contributed by atoms with Crippen LogP contribution in [-0.2, 0) is 9.59 Å². The van der Waals surface area contributed by atoms with E-state index in [1.165, 1.54) is 6.42 Å². The third-order valence-corrected chi connectivity index (χ3v) is 6.03. The fourth-order valence-electron chi connectivity index (χ4n) is 4.18. The monoisotopic (exact) mass is 423 g/mol. The highest BCUT2D eigenvalue weighted by Gasteiger charge is 2.32. The first-order chi connectivity index (χ1) is 13.7. The fraction of sp³-hybridized carbons (Fsp3) is 0.636. The van der Waals surface area contributed by atoms with E-state index >= 15 is 0 Å². The van der Waals surface area contributed by atoms with Gasteiger partial charge in [-0.3, -0.25) is 9.59 Å². The van der Waals surface area contributed by atoms with E-state index < -0.39 is 0 Å². The zero-order valence-electron chi connectivity index (χ0n) is 17.3. The van der Waals surface area contributed by atoms with Crippen LogP contribution in [0.15, 0.2) is 30.3 Å². The third kappa shape index (κ3) is 6.89. The van der Waals surface area contributed by atoms with Gasteiger partial charge in [0.25, 0.3) is 5.91 Å². The number of likely N-dealkylation sites (tertiary alicyclic amines) is 2. The first-order valence-electron chi connectivity index (χ1n) is 10.6. The lowest BCUT2D eigenvalue weighted by molar-refractivity contribution is -0.142. The number of amides is 2. The number of para-hydroxylation sites is 1. The van der Waals surface area contributed by atoms with Gasteiger partial charge in [0.05, 0.1) is 0 Å². The van der Waals surface area contributed by atoms with Crippen LogP contribution in [0, 0.1) is 11.8 Å². The van der Waals surface area contributed by atoms with Gasteiger partial charge in [0.15, 0.2) is 6.61 Å². The Kier molecular flexibility index (Phi) is 9.74. The SMILES string of the molecule is CNCCC1CCN(C(=O)C2CCN(C(=O)COc3ccccc3)CC2)CC1.Cl. The minimum Gasteiger partial charge on any atom is -0.484 e. The summed E-state index contributed by atoms with van der Waals surface area (Å²) in [6, 6.07) is 9.39. The second kappa shape index (κ2) is 12.0. The molecular formula is C22H34ClN3O3. The number of benzene rings is 1. The Morgan fingerprint density at radius 2 is 1.62 bits per heavy atom. The number of nitrogens with zero attached hydrogens (tertiary/aromatic N) is 2. The summed E-state index contributed by atoms with van der Waals surface area (Å²) < 4.78 is 5.56. The number of hydrogen-bond acceptors (Lipinski definition) is 4. The molecule has 0 aliphatic carbocycles. The van der Waals surface area contributed by atoms with Crippen molar-refractivity contribution in [3.05, 3.63) is 30.3 Å². The standard InChI is InChI=1S/C22H33N3O3.ClH/c1-23-12-7-18-8-13-25(14-9-18)22(27)19-10-15-24(16-11-19)21(26)17-28-20-5-3-2-4-6-20;/h2-6,18-19,23H,7-17H2,1H3;1H. The maximum absolute atomic E-state index is 12.8. The molecule has 0 spiro atoms. The second-order valence-corrected chi connectivity index (χ2v) is 7.92. The molecule has 0 radical (unpaired) electrons. The Balaban J connectivity index is 0.00000300. The summed E-state index contributed by atoms with van der Waals surface area (Å²) in [5, 5.41) is 3.21. The topological polar surface area (TPSA) is 61.9 Å². The number of carbonyl (C=O) groups is 2. The van der Waals surface area contributed by atoms with Crippen molar-refractivity contribution in [2.75, 3.05) is 46.4 Å². The number of halogens is 1. The van der Waals surface area contributed by atoms with Gasteiger partial charge in [-0.1, -0.05) is 18.2 Å². The normalized spacial score (nSPS) is 18.2. The molecule has 1 aromatic carbocycles. The van der Waals surface area contributed by atoms with Crippen molar-refractivity contribution < 1.29 is 14.3 Å². The highest BCUT2D eigenvalue weighted by atomic mass is 35.5. The first kappa shape index (κ1) is 23.5. The van der Waals surface area contributed by atoms with Gasteiger partial charge in [-0.05, 0) is 63.7 Å². The van der Waals surface area contributed by atoms with Crippen LogP contribution < -0.4 is 10.1 Å². The number of piperidine rings is 2. The highest BCUT2D eigenvalue weighted by Crippen LogP contribution is 2.25. The molecule has 0 unspecified atom stereocenters. The summed E-state index contributed by atoms with van der Waals surface area (Å²) in [4.78, 5) is 29.1. The zero-order valence-corrected chi connectivity index (χ0v) is 18.2. The highest BCUT2D eigenvalue weighted by molar-refractivity contribution is 5.85. The predicted molar refractivity (Wildman–Crippen MR) is 116 cm³/mol. The molecule has 0 saturated carbocycles. The van der Waals surface area contributed by atoms with Crippen molar-refractivity contribution in [1.82, 2.24) is 15.1 Å². The molecule has 1 aromatic rings. The number of ether oxygens (including phenoxy) is 1. The van der Waals surface area contributed by atoms with Crippen LogP contribution >= 0.6 is 12.4 Å². The van der Waals surface area contributed by atoms with Gasteiger partial charge in [0.1, 0.15) is 5.75 Å². The lowest BCUT2D eigenvalue weighted by Gasteiger charge is -2.37. The average molecular weight is 424 g/mol. The van der Waals surface area contributed by atoms with Crippen LogP contribution in [0.5, 0.6) is 5.75 Å². The third-order valence-electron chi connectivity index (χ3n) is 6.03. The Morgan fingerprint density at radius 3 is 2.24 bits per heavy atom. The summed E-state index contributed by atoms with van der Waals surface area (Å²) in [7, 11) is 1.99. The van der Waals surface area contributed by atoms with E-state index in [9.17, 15) is 9.59 Å². The molecule has 0 bridgehead atoms. The molecule has 0 aromatic heterocycles. The van der Waals surface area contributed by atoms with E-state index in [4.69, 9.17) is 4.74 Å². The Hall–Kier alpha value is -1.79. The van der Waals surface area contributed by atoms with Crippen molar-refractivity contribution in [1.29, 1.82) is 0 Å². The van der Waals surface area contributed by atoms with Gasteiger partial charge < -0.3 is 19.9 Å². The van der Waals surface area contributed by atoms with E-state index in [0.717, 1.165) is 51.2 Å². The fourth-order valence-corrected chi connectivity index (χ4v) is 4.18. The lowest BCUT2D eigenvalue weighted by Crippen LogP contribution is -2.47. The summed E-state index contributed by atoms with van der Waals surface area (Å²) in [5.41, 5.74) is 0. The molecule has 162 valence electrons. The maximum Gasteiger partial charge on any atom is 0.260 e. The van der Waals surface area contributed by atoms with Gasteiger partial charge in [-0.2, -0.15) is 0 Å². The van der Waals surface area contributed by atoms with Gasteiger partial charge in [-0.15, -0.1) is 12.4 Å². The average Bonchev–Trinajstić information content (AvgIpc) is 2.76. The van der Waals surface area contributed by atoms with Crippen molar-refractivity contribution in [3.8, 4) is 5.75 Å². The van der Waals surface area contributed by atoms with Crippen molar-refractivity contribution in [2.45, 2.75) is 32.1 Å². The number of hydrogen-bond donors (Lipinski definition) is 1. The quantitative estimate of drug-likeness (QED) is 0.732. The maximum atomic E-state index is 12.8. The van der Waals surface area contributed by atoms with Crippen molar-refractivity contribution in [3.63, 3.8) is 0 Å². The largest absolute Gasteiger partial charge is 0.484 e. The van der Waals surface area contributed by atoms with E-state index in [1.54, 1.807) is 0 Å². The molecule has 6 nitrogen and oxygen atoms in total. The van der Waals surface area contributed by atoms with Gasteiger partial charge in [0, 0.05) is 32.1 Å². The molecule has 3 rings (SSSR count). The molecular weight excluding hydrogens is 390 g/mol. The van der Waals surface area contributed by atoms with Gasteiger partial charge in [-0.25, -0.2) is 0 Å². The van der Waals surface area contributed by atoms with Crippen LogP contribution in [0.4, 0.5) is 0 Å². The van der Waals surface area contributed by atoms with E-state index in [0.29, 0.717) is 24.7 Å². The molecule has 2 heterocycles. The Morgan fingerprint density at radius 1 is 1.00 bits per heavy atom. The summed E-state index contributed by atoms with van der Waals surface area (Å²) in [6.45, 7) is 4.18. The summed E-state index contributed by atoms with van der Waals surface area (Å²) in [6.07, 6.45) is 4.94. The Labute approximate surface area is 180 Å². The van der Waals surface area contributed by atoms with Crippen LogP contribution in [0.25, 0.3) is 0 Å². The van der Waals surface area contributed by atoms with E-state index in [2.05, 4.69) is 10.2 Å². The second-order valence-electron chi connectivity index (χ2n) is 7.92.